The number of likely N-dealkylation sites (tertiary alicyclic amines) is 1. The molecule has 2 N–H and O–H groups in total. The smallest absolute Gasteiger partial charge is 0.167 e. The predicted octanol–water partition coefficient (Wildman–Crippen LogP) is 2.73. The van der Waals surface area contributed by atoms with Crippen LogP contribution in [0, 0.1) is 17.1 Å². The second kappa shape index (κ2) is 5.64. The van der Waals surface area contributed by atoms with Crippen LogP contribution in [0.1, 0.15) is 24.8 Å². The van der Waals surface area contributed by atoms with E-state index < -0.39 is 5.82 Å². The number of halogens is 1. The van der Waals surface area contributed by atoms with E-state index in [1.54, 1.807) is 13.1 Å². The Hall–Kier alpha value is -1.62. The van der Waals surface area contributed by atoms with Gasteiger partial charge in [-0.05, 0) is 31.4 Å². The van der Waals surface area contributed by atoms with Crippen LogP contribution < -0.4 is 10.1 Å². The Balaban J connectivity index is 1.70. The summed E-state index contributed by atoms with van der Waals surface area (Å²) in [7, 11) is 3.19. The van der Waals surface area contributed by atoms with Gasteiger partial charge < -0.3 is 15.5 Å². The molecular weight excluding hydrogens is 269 g/mol. The summed E-state index contributed by atoms with van der Waals surface area (Å²) in [5.74, 6) is 0.703. The molecule has 0 radical (unpaired) electrons. The molecule has 1 aromatic rings. The third-order valence-corrected chi connectivity index (χ3v) is 4.68. The van der Waals surface area contributed by atoms with Gasteiger partial charge in [-0.3, -0.25) is 4.90 Å². The van der Waals surface area contributed by atoms with Crippen molar-refractivity contribution in [1.29, 1.82) is 5.41 Å². The molecule has 1 saturated carbocycles. The van der Waals surface area contributed by atoms with Gasteiger partial charge in [0.15, 0.2) is 11.6 Å². The number of benzene rings is 1. The van der Waals surface area contributed by atoms with E-state index >= 15 is 0 Å². The van der Waals surface area contributed by atoms with E-state index in [9.17, 15) is 4.39 Å². The Kier molecular flexibility index (Phi) is 3.85. The van der Waals surface area contributed by atoms with Crippen molar-refractivity contribution in [3.05, 3.63) is 23.5 Å². The first-order valence-electron chi connectivity index (χ1n) is 7.51. The average Bonchev–Trinajstić information content (AvgIpc) is 3.17. The molecule has 0 bridgehead atoms. The lowest BCUT2D eigenvalue weighted by Gasteiger charge is -2.19. The fourth-order valence-corrected chi connectivity index (χ4v) is 3.32. The second-order valence-corrected chi connectivity index (χ2v) is 5.90. The summed E-state index contributed by atoms with van der Waals surface area (Å²) in [5, 5.41) is 11.3. The summed E-state index contributed by atoms with van der Waals surface area (Å²) in [4.78, 5) is 2.49. The molecule has 1 aliphatic heterocycles. The van der Waals surface area contributed by atoms with Gasteiger partial charge in [0.25, 0.3) is 0 Å². The number of fused-ring (bicyclic) bond motifs is 1. The van der Waals surface area contributed by atoms with Gasteiger partial charge in [0.1, 0.15) is 0 Å². The van der Waals surface area contributed by atoms with Gasteiger partial charge in [-0.15, -0.1) is 0 Å². The van der Waals surface area contributed by atoms with Crippen molar-refractivity contribution in [2.24, 2.45) is 5.92 Å². The molecule has 2 unspecified atom stereocenters. The monoisotopic (exact) mass is 291 g/mol. The summed E-state index contributed by atoms with van der Waals surface area (Å²) in [6.45, 7) is 2.08. The molecule has 114 valence electrons. The number of hydrogen-bond acceptors (Lipinski definition) is 4. The molecule has 2 atom stereocenters. The summed E-state index contributed by atoms with van der Waals surface area (Å²) in [6.07, 6.45) is 3.33. The maximum Gasteiger partial charge on any atom is 0.167 e. The normalized spacial score (nSPS) is 23.8. The lowest BCUT2D eigenvalue weighted by molar-refractivity contribution is 0.309. The molecule has 1 aliphatic carbocycles. The van der Waals surface area contributed by atoms with Gasteiger partial charge in [0.2, 0.25) is 0 Å². The van der Waals surface area contributed by atoms with E-state index in [0.717, 1.165) is 30.6 Å². The average molecular weight is 291 g/mol. The highest BCUT2D eigenvalue weighted by Gasteiger charge is 2.46. The number of rotatable bonds is 6. The third kappa shape index (κ3) is 2.75. The van der Waals surface area contributed by atoms with Crippen molar-refractivity contribution in [2.45, 2.75) is 25.3 Å². The van der Waals surface area contributed by atoms with Crippen LogP contribution in [0.15, 0.2) is 12.1 Å². The first kappa shape index (κ1) is 14.3. The van der Waals surface area contributed by atoms with E-state index in [-0.39, 0.29) is 5.75 Å². The minimum atomic E-state index is -0.404. The van der Waals surface area contributed by atoms with Crippen LogP contribution in [0.25, 0.3) is 0 Å². The molecule has 3 rings (SSSR count). The Bertz CT molecular complexity index is 561. The van der Waals surface area contributed by atoms with Crippen molar-refractivity contribution < 1.29 is 9.13 Å². The number of anilines is 1. The third-order valence-electron chi connectivity index (χ3n) is 4.68. The molecule has 0 spiro atoms. The molecule has 4 nitrogen and oxygen atoms in total. The number of nitrogens with zero attached hydrogens (tertiary/aromatic N) is 1. The van der Waals surface area contributed by atoms with E-state index in [1.165, 1.54) is 26.0 Å². The number of ether oxygens (including phenoxy) is 1. The van der Waals surface area contributed by atoms with Gasteiger partial charge in [-0.2, -0.15) is 0 Å². The van der Waals surface area contributed by atoms with Crippen LogP contribution in [-0.4, -0.2) is 43.9 Å². The minimum Gasteiger partial charge on any atom is -0.494 e. The topological polar surface area (TPSA) is 48.4 Å². The fourth-order valence-electron chi connectivity index (χ4n) is 3.32. The quantitative estimate of drug-likeness (QED) is 0.792. The van der Waals surface area contributed by atoms with Gasteiger partial charge >= 0.3 is 0 Å². The second-order valence-electron chi connectivity index (χ2n) is 5.90. The lowest BCUT2D eigenvalue weighted by Crippen LogP contribution is -2.26. The molecule has 0 aromatic heterocycles. The number of piperidine rings is 1. The van der Waals surface area contributed by atoms with E-state index in [4.69, 9.17) is 10.1 Å². The highest BCUT2D eigenvalue weighted by atomic mass is 19.1. The van der Waals surface area contributed by atoms with Crippen LogP contribution in [0.3, 0.4) is 0 Å². The number of hydrogen-bond donors (Lipinski definition) is 2. The zero-order valence-corrected chi connectivity index (χ0v) is 12.6. The minimum absolute atomic E-state index is 0.192. The predicted molar refractivity (Wildman–Crippen MR) is 82.0 cm³/mol. The lowest BCUT2D eigenvalue weighted by atomic mass is 10.0. The Labute approximate surface area is 124 Å². The van der Waals surface area contributed by atoms with Crippen molar-refractivity contribution in [3.63, 3.8) is 0 Å². The zero-order chi connectivity index (χ0) is 15.0. The van der Waals surface area contributed by atoms with Gasteiger partial charge in [-0.1, -0.05) is 0 Å². The molecule has 1 saturated heterocycles. The maximum atomic E-state index is 13.7. The van der Waals surface area contributed by atoms with Crippen LogP contribution in [0.5, 0.6) is 5.75 Å². The van der Waals surface area contributed by atoms with E-state index in [2.05, 4.69) is 10.2 Å². The Morgan fingerprint density at radius 1 is 1.52 bits per heavy atom. The standard InChI is InChI=1S/C16H22FN3O/c1-19-14-9-12(17)16(21-2)8-11(14)13(18)4-6-20-5-3-10-7-15(10)20/h8-10,15,18-19H,3-7H2,1-2H3. The van der Waals surface area contributed by atoms with Gasteiger partial charge in [0.05, 0.1) is 7.11 Å². The van der Waals surface area contributed by atoms with Gasteiger partial charge in [0, 0.05) is 49.1 Å². The zero-order valence-electron chi connectivity index (χ0n) is 12.6. The molecule has 1 aromatic carbocycles. The van der Waals surface area contributed by atoms with Crippen molar-refractivity contribution in [3.8, 4) is 5.75 Å². The number of methoxy groups -OCH3 is 1. The van der Waals surface area contributed by atoms with Gasteiger partial charge in [-0.25, -0.2) is 4.39 Å². The van der Waals surface area contributed by atoms with Crippen molar-refractivity contribution >= 4 is 11.4 Å². The Morgan fingerprint density at radius 3 is 2.90 bits per heavy atom. The molecule has 1 heterocycles. The fraction of sp³-hybridized carbons (Fsp3) is 0.562. The number of nitrogens with one attached hydrogen (secondary N) is 2. The van der Waals surface area contributed by atoms with Crippen LogP contribution in [0.4, 0.5) is 10.1 Å². The first-order valence-corrected chi connectivity index (χ1v) is 7.51. The van der Waals surface area contributed by atoms with Crippen LogP contribution in [-0.2, 0) is 0 Å². The Morgan fingerprint density at radius 2 is 2.33 bits per heavy atom. The van der Waals surface area contributed by atoms with E-state index in [1.807, 2.05) is 0 Å². The highest BCUT2D eigenvalue weighted by Crippen LogP contribution is 2.44. The van der Waals surface area contributed by atoms with Crippen LogP contribution in [0.2, 0.25) is 0 Å². The summed E-state index contributed by atoms with van der Waals surface area (Å²) in [5.41, 5.74) is 1.90. The summed E-state index contributed by atoms with van der Waals surface area (Å²) < 4.78 is 18.8. The van der Waals surface area contributed by atoms with Crippen molar-refractivity contribution in [1.82, 2.24) is 4.90 Å². The molecule has 2 aliphatic rings. The summed E-state index contributed by atoms with van der Waals surface area (Å²) in [6, 6.07) is 3.78. The van der Waals surface area contributed by atoms with E-state index in [0.29, 0.717) is 17.8 Å². The molecule has 21 heavy (non-hydrogen) atoms. The maximum absolute atomic E-state index is 13.7. The highest BCUT2D eigenvalue weighted by molar-refractivity contribution is 6.03. The summed E-state index contributed by atoms with van der Waals surface area (Å²) >= 11 is 0. The SMILES string of the molecule is CNc1cc(F)c(OC)cc1C(=N)CCN1CCC2CC21. The first-order chi connectivity index (χ1) is 10.1. The molecule has 2 fully saturated rings. The molecule has 5 heteroatoms. The molecular formula is C16H22FN3O. The molecule has 0 amide bonds. The largest absolute Gasteiger partial charge is 0.494 e. The van der Waals surface area contributed by atoms with Crippen molar-refractivity contribution in [2.75, 3.05) is 32.6 Å². The van der Waals surface area contributed by atoms with Crippen LogP contribution >= 0.6 is 0 Å².